The van der Waals surface area contributed by atoms with E-state index in [1.165, 1.54) is 0 Å². The van der Waals surface area contributed by atoms with Gasteiger partial charge in [-0.05, 0) is 47.0 Å². The molecule has 0 spiro atoms. The van der Waals surface area contributed by atoms with Crippen LogP contribution in [0.2, 0.25) is 5.02 Å². The molecule has 0 saturated heterocycles. The molecule has 0 unspecified atom stereocenters. The molecule has 2 aliphatic rings. The summed E-state index contributed by atoms with van der Waals surface area (Å²) in [7, 11) is -3.70. The highest BCUT2D eigenvalue weighted by Crippen LogP contribution is 2.43. The van der Waals surface area contributed by atoms with Crippen molar-refractivity contribution < 1.29 is 8.42 Å². The summed E-state index contributed by atoms with van der Waals surface area (Å²) in [5.74, 6) is 0. The molecule has 2 aromatic carbocycles. The minimum Gasteiger partial charge on any atom is -0.279 e. The van der Waals surface area contributed by atoms with Crippen molar-refractivity contribution in [2.75, 3.05) is 4.72 Å². The van der Waals surface area contributed by atoms with E-state index >= 15 is 0 Å². The standard InChI is InChI=1S/C22H16ClNO2S/c23-18-10-7-9-17(14-18)22-20-13-6-1-3-8-16(20)15-21(22)24-27(25,26)19-11-4-2-5-12-19/h1-15,24H. The number of anilines is 1. The monoisotopic (exact) mass is 393 g/mol. The molecule has 5 heteroatoms. The van der Waals surface area contributed by atoms with Gasteiger partial charge in [-0.2, -0.15) is 0 Å². The Kier molecular flexibility index (Phi) is 4.60. The Hall–Kier alpha value is -2.82. The maximum absolute atomic E-state index is 12.9. The zero-order valence-electron chi connectivity index (χ0n) is 14.3. The fraction of sp³-hybridized carbons (Fsp3) is 0. The third kappa shape index (κ3) is 3.54. The molecular formula is C22H16ClNO2S. The number of rotatable bonds is 4. The van der Waals surface area contributed by atoms with Crippen LogP contribution in [-0.2, 0) is 10.0 Å². The lowest BCUT2D eigenvalue weighted by Gasteiger charge is -2.11. The van der Waals surface area contributed by atoms with Crippen molar-refractivity contribution in [2.24, 2.45) is 0 Å². The van der Waals surface area contributed by atoms with Crippen LogP contribution in [0.15, 0.2) is 95.9 Å². The van der Waals surface area contributed by atoms with E-state index in [0.717, 1.165) is 22.3 Å². The Morgan fingerprint density at radius 3 is 2.11 bits per heavy atom. The quantitative estimate of drug-likeness (QED) is 0.468. The normalized spacial score (nSPS) is 11.4. The fourth-order valence-electron chi connectivity index (χ4n) is 3.13. The van der Waals surface area contributed by atoms with Crippen LogP contribution in [0.25, 0.3) is 22.3 Å². The number of hydrogen-bond donors (Lipinski definition) is 1. The van der Waals surface area contributed by atoms with Gasteiger partial charge in [0.05, 0.1) is 10.6 Å². The van der Waals surface area contributed by atoms with Crippen LogP contribution in [0.1, 0.15) is 0 Å². The van der Waals surface area contributed by atoms with Gasteiger partial charge in [0.25, 0.3) is 10.0 Å². The molecule has 3 nitrogen and oxygen atoms in total. The lowest BCUT2D eigenvalue weighted by molar-refractivity contribution is 0.601. The summed E-state index contributed by atoms with van der Waals surface area (Å²) in [5.41, 5.74) is 4.09. The average molecular weight is 394 g/mol. The molecule has 2 aromatic rings. The second-order valence-electron chi connectivity index (χ2n) is 6.14. The molecule has 1 N–H and O–H groups in total. The molecule has 0 aromatic heterocycles. The van der Waals surface area contributed by atoms with Gasteiger partial charge in [0.15, 0.2) is 0 Å². The molecular weight excluding hydrogens is 378 g/mol. The molecule has 0 radical (unpaired) electrons. The summed E-state index contributed by atoms with van der Waals surface area (Å²) in [6.07, 6.45) is 0. The van der Waals surface area contributed by atoms with E-state index < -0.39 is 10.0 Å². The highest BCUT2D eigenvalue weighted by Gasteiger charge is 2.22. The van der Waals surface area contributed by atoms with Crippen LogP contribution >= 0.6 is 11.6 Å². The zero-order chi connectivity index (χ0) is 18.9. The second-order valence-corrected chi connectivity index (χ2v) is 8.26. The maximum Gasteiger partial charge on any atom is 0.261 e. The summed E-state index contributed by atoms with van der Waals surface area (Å²) >= 11 is 6.18. The smallest absolute Gasteiger partial charge is 0.261 e. The zero-order valence-corrected chi connectivity index (χ0v) is 15.8. The van der Waals surface area contributed by atoms with E-state index in [4.69, 9.17) is 11.6 Å². The van der Waals surface area contributed by atoms with Gasteiger partial charge in [0.2, 0.25) is 0 Å². The van der Waals surface area contributed by atoms with Crippen LogP contribution in [-0.4, -0.2) is 8.42 Å². The molecule has 0 saturated carbocycles. The number of hydrogen-bond acceptors (Lipinski definition) is 2. The fourth-order valence-corrected chi connectivity index (χ4v) is 4.40. The van der Waals surface area contributed by atoms with Gasteiger partial charge in [0, 0.05) is 10.6 Å². The lowest BCUT2D eigenvalue weighted by atomic mass is 10.0. The summed E-state index contributed by atoms with van der Waals surface area (Å²) in [6, 6.07) is 27.3. The van der Waals surface area contributed by atoms with Gasteiger partial charge in [-0.25, -0.2) is 8.42 Å². The van der Waals surface area contributed by atoms with Crippen molar-refractivity contribution in [3.05, 3.63) is 96.0 Å². The van der Waals surface area contributed by atoms with Crippen molar-refractivity contribution in [1.29, 1.82) is 0 Å². The van der Waals surface area contributed by atoms with Crippen molar-refractivity contribution in [3.63, 3.8) is 0 Å². The summed E-state index contributed by atoms with van der Waals surface area (Å²) in [6.45, 7) is 0. The third-order valence-corrected chi connectivity index (χ3v) is 5.94. The highest BCUT2D eigenvalue weighted by atomic mass is 35.5. The third-order valence-electron chi connectivity index (χ3n) is 4.32. The molecule has 0 aliphatic heterocycles. The first-order valence-corrected chi connectivity index (χ1v) is 10.3. The number of nitrogens with one attached hydrogen (secondary N) is 1. The molecule has 0 amide bonds. The van der Waals surface area contributed by atoms with E-state index in [9.17, 15) is 8.42 Å². The van der Waals surface area contributed by atoms with Crippen LogP contribution in [0, 0.1) is 0 Å². The number of fused-ring (bicyclic) bond motifs is 1. The Morgan fingerprint density at radius 2 is 1.37 bits per heavy atom. The van der Waals surface area contributed by atoms with E-state index in [0.29, 0.717) is 10.7 Å². The van der Waals surface area contributed by atoms with Gasteiger partial charge in [-0.3, -0.25) is 4.72 Å². The van der Waals surface area contributed by atoms with Gasteiger partial charge >= 0.3 is 0 Å². The largest absolute Gasteiger partial charge is 0.279 e. The van der Waals surface area contributed by atoms with Crippen LogP contribution in [0.4, 0.5) is 5.69 Å². The van der Waals surface area contributed by atoms with Crippen molar-refractivity contribution in [3.8, 4) is 22.3 Å². The van der Waals surface area contributed by atoms with Gasteiger partial charge in [-0.1, -0.05) is 72.3 Å². The summed E-state index contributed by atoms with van der Waals surface area (Å²) in [4.78, 5) is 0.220. The van der Waals surface area contributed by atoms with E-state index in [2.05, 4.69) is 4.72 Å². The first-order chi connectivity index (χ1) is 13.0. The number of halogens is 1. The lowest BCUT2D eigenvalue weighted by Crippen LogP contribution is -2.12. The molecule has 2 aliphatic carbocycles. The topological polar surface area (TPSA) is 46.2 Å². The Balaban J connectivity index is 1.90. The second kappa shape index (κ2) is 7.06. The Labute approximate surface area is 163 Å². The van der Waals surface area contributed by atoms with Crippen molar-refractivity contribution in [2.45, 2.75) is 4.90 Å². The molecule has 0 fully saturated rings. The predicted octanol–water partition coefficient (Wildman–Crippen LogP) is 5.91. The van der Waals surface area contributed by atoms with Crippen LogP contribution < -0.4 is 4.72 Å². The molecule has 0 heterocycles. The SMILES string of the molecule is O=S(=O)(Nc1cc2cccccc-2c1-c1cccc(Cl)c1)c1ccccc1. The van der Waals surface area contributed by atoms with Gasteiger partial charge in [0.1, 0.15) is 0 Å². The number of sulfonamides is 1. The first-order valence-electron chi connectivity index (χ1n) is 8.40. The molecule has 27 heavy (non-hydrogen) atoms. The van der Waals surface area contributed by atoms with Gasteiger partial charge in [-0.15, -0.1) is 0 Å². The van der Waals surface area contributed by atoms with Crippen LogP contribution in [0.5, 0.6) is 0 Å². The summed E-state index contributed by atoms with van der Waals surface area (Å²) in [5, 5.41) is 0.596. The van der Waals surface area contributed by atoms with E-state index in [1.54, 1.807) is 36.4 Å². The average Bonchev–Trinajstić information content (AvgIpc) is 2.82. The first kappa shape index (κ1) is 17.6. The maximum atomic E-state index is 12.9. The van der Waals surface area contributed by atoms with Gasteiger partial charge < -0.3 is 0 Å². The molecule has 0 atom stereocenters. The van der Waals surface area contributed by atoms with Crippen molar-refractivity contribution >= 4 is 27.3 Å². The minimum atomic E-state index is -3.70. The Bertz CT molecular complexity index is 1170. The molecule has 134 valence electrons. The Morgan fingerprint density at radius 1 is 0.704 bits per heavy atom. The molecule has 0 bridgehead atoms. The van der Waals surface area contributed by atoms with Crippen molar-refractivity contribution in [1.82, 2.24) is 0 Å². The predicted molar refractivity (Wildman–Crippen MR) is 111 cm³/mol. The minimum absolute atomic E-state index is 0.220. The number of benzene rings is 2. The van der Waals surface area contributed by atoms with E-state index in [1.807, 2.05) is 54.6 Å². The van der Waals surface area contributed by atoms with Crippen LogP contribution in [0.3, 0.4) is 0 Å². The summed E-state index contributed by atoms with van der Waals surface area (Å²) < 4.78 is 28.5. The molecule has 4 rings (SSSR count). The van der Waals surface area contributed by atoms with E-state index in [-0.39, 0.29) is 4.90 Å². The highest BCUT2D eigenvalue weighted by molar-refractivity contribution is 7.92.